The van der Waals surface area contributed by atoms with E-state index in [0.717, 1.165) is 11.1 Å². The van der Waals surface area contributed by atoms with Gasteiger partial charge in [0.25, 0.3) is 0 Å². The summed E-state index contributed by atoms with van der Waals surface area (Å²) in [6, 6.07) is 5.79. The maximum Gasteiger partial charge on any atom is 0.321 e. The van der Waals surface area contributed by atoms with Crippen molar-refractivity contribution in [1.29, 1.82) is 0 Å². The van der Waals surface area contributed by atoms with Gasteiger partial charge < -0.3 is 10.5 Å². The predicted octanol–water partition coefficient (Wildman–Crippen LogP) is 2.48. The summed E-state index contributed by atoms with van der Waals surface area (Å²) in [5.74, 6) is 0.577. The van der Waals surface area contributed by atoms with Crippen LogP contribution in [0.15, 0.2) is 18.2 Å². The summed E-state index contributed by atoms with van der Waals surface area (Å²) < 4.78 is 5.23. The molecular formula is C12H13ClN4O. The van der Waals surface area contributed by atoms with Crippen LogP contribution in [0.4, 0.5) is 5.95 Å². The van der Waals surface area contributed by atoms with Gasteiger partial charge in [-0.1, -0.05) is 23.7 Å². The number of nitrogens with two attached hydrogens (primary N) is 1. The zero-order chi connectivity index (χ0) is 13.1. The van der Waals surface area contributed by atoms with Crippen LogP contribution >= 0.6 is 11.6 Å². The molecule has 5 nitrogen and oxygen atoms in total. The van der Waals surface area contributed by atoms with Gasteiger partial charge in [0.05, 0.1) is 6.61 Å². The number of halogens is 1. The number of hydrogen-bond acceptors (Lipinski definition) is 5. The molecular weight excluding hydrogens is 252 g/mol. The molecule has 0 unspecified atom stereocenters. The molecule has 0 saturated carbocycles. The summed E-state index contributed by atoms with van der Waals surface area (Å²) in [7, 11) is 0. The monoisotopic (exact) mass is 264 g/mol. The van der Waals surface area contributed by atoms with E-state index in [0.29, 0.717) is 17.5 Å². The molecule has 0 aliphatic carbocycles. The molecule has 6 heteroatoms. The van der Waals surface area contributed by atoms with Crippen LogP contribution in [0.3, 0.4) is 0 Å². The van der Waals surface area contributed by atoms with Gasteiger partial charge in [0, 0.05) is 10.6 Å². The van der Waals surface area contributed by atoms with Crippen LogP contribution in [0.5, 0.6) is 6.01 Å². The lowest BCUT2D eigenvalue weighted by Gasteiger charge is -2.06. The fourth-order valence-electron chi connectivity index (χ4n) is 1.43. The molecule has 1 aromatic heterocycles. The minimum atomic E-state index is 0.125. The fourth-order valence-corrected chi connectivity index (χ4v) is 1.61. The third-order valence-electron chi connectivity index (χ3n) is 2.34. The van der Waals surface area contributed by atoms with Gasteiger partial charge in [-0.2, -0.15) is 15.0 Å². The Morgan fingerprint density at radius 3 is 2.72 bits per heavy atom. The molecule has 18 heavy (non-hydrogen) atoms. The van der Waals surface area contributed by atoms with E-state index in [-0.39, 0.29) is 12.0 Å². The minimum absolute atomic E-state index is 0.125. The van der Waals surface area contributed by atoms with E-state index in [1.54, 1.807) is 6.07 Å². The van der Waals surface area contributed by atoms with Crippen LogP contribution in [-0.4, -0.2) is 21.6 Å². The average molecular weight is 265 g/mol. The lowest BCUT2D eigenvalue weighted by Crippen LogP contribution is -2.04. The first-order chi connectivity index (χ1) is 8.60. The third-order valence-corrected chi connectivity index (χ3v) is 2.74. The van der Waals surface area contributed by atoms with E-state index in [1.807, 2.05) is 26.0 Å². The van der Waals surface area contributed by atoms with Crippen LogP contribution in [0.2, 0.25) is 5.02 Å². The van der Waals surface area contributed by atoms with Crippen LogP contribution in [0.25, 0.3) is 11.4 Å². The first-order valence-electron chi connectivity index (χ1n) is 5.51. The van der Waals surface area contributed by atoms with Crippen molar-refractivity contribution in [1.82, 2.24) is 15.0 Å². The first-order valence-corrected chi connectivity index (χ1v) is 5.89. The number of anilines is 1. The molecule has 0 bridgehead atoms. The normalized spacial score (nSPS) is 10.4. The summed E-state index contributed by atoms with van der Waals surface area (Å²) in [4.78, 5) is 12.1. The third kappa shape index (κ3) is 2.68. The Bertz CT molecular complexity index is 574. The lowest BCUT2D eigenvalue weighted by atomic mass is 10.1. The van der Waals surface area contributed by atoms with Crippen LogP contribution in [-0.2, 0) is 0 Å². The molecule has 0 aliphatic rings. The number of rotatable bonds is 3. The van der Waals surface area contributed by atoms with Crippen LogP contribution < -0.4 is 10.5 Å². The van der Waals surface area contributed by atoms with E-state index in [4.69, 9.17) is 22.1 Å². The molecule has 0 fully saturated rings. The number of hydrogen-bond donors (Lipinski definition) is 1. The second kappa shape index (κ2) is 5.18. The summed E-state index contributed by atoms with van der Waals surface area (Å²) in [6.45, 7) is 4.25. The lowest BCUT2D eigenvalue weighted by molar-refractivity contribution is 0.312. The van der Waals surface area contributed by atoms with E-state index < -0.39 is 0 Å². The number of aromatic nitrogens is 3. The van der Waals surface area contributed by atoms with Crippen molar-refractivity contribution in [2.24, 2.45) is 0 Å². The van der Waals surface area contributed by atoms with Crippen LogP contribution in [0.1, 0.15) is 12.5 Å². The Balaban J connectivity index is 2.46. The molecule has 0 radical (unpaired) electrons. The van der Waals surface area contributed by atoms with Crippen molar-refractivity contribution in [3.05, 3.63) is 28.8 Å². The standard InChI is InChI=1S/C12H13ClN4O/c1-3-18-12-16-10(15-11(14)17-12)8-5-4-7(2)9(13)6-8/h4-6H,3H2,1-2H3,(H2,14,15,16,17). The summed E-state index contributed by atoms with van der Waals surface area (Å²) in [5, 5.41) is 0.657. The SMILES string of the molecule is CCOc1nc(N)nc(-c2ccc(C)c(Cl)c2)n1. The van der Waals surface area contributed by atoms with Crippen molar-refractivity contribution in [3.8, 4) is 17.4 Å². The molecule has 2 rings (SSSR count). The largest absolute Gasteiger partial charge is 0.464 e. The molecule has 0 atom stereocenters. The van der Waals surface area contributed by atoms with Crippen molar-refractivity contribution in [2.45, 2.75) is 13.8 Å². The highest BCUT2D eigenvalue weighted by Gasteiger charge is 2.08. The van der Waals surface area contributed by atoms with Crippen molar-refractivity contribution < 1.29 is 4.74 Å². The van der Waals surface area contributed by atoms with Gasteiger partial charge in [-0.3, -0.25) is 0 Å². The van der Waals surface area contributed by atoms with Gasteiger partial charge >= 0.3 is 6.01 Å². The maximum atomic E-state index is 6.07. The van der Waals surface area contributed by atoms with Gasteiger partial charge in [-0.05, 0) is 25.5 Å². The topological polar surface area (TPSA) is 73.9 Å². The molecule has 2 N–H and O–H groups in total. The minimum Gasteiger partial charge on any atom is -0.464 e. The number of aryl methyl sites for hydroxylation is 1. The average Bonchev–Trinajstić information content (AvgIpc) is 2.32. The zero-order valence-electron chi connectivity index (χ0n) is 10.1. The molecule has 0 spiro atoms. The predicted molar refractivity (Wildman–Crippen MR) is 70.6 cm³/mol. The molecule has 94 valence electrons. The highest BCUT2D eigenvalue weighted by molar-refractivity contribution is 6.31. The Labute approximate surface area is 110 Å². The fraction of sp³-hybridized carbons (Fsp3) is 0.250. The van der Waals surface area contributed by atoms with Crippen molar-refractivity contribution in [3.63, 3.8) is 0 Å². The highest BCUT2D eigenvalue weighted by Crippen LogP contribution is 2.24. The second-order valence-electron chi connectivity index (χ2n) is 3.70. The van der Waals surface area contributed by atoms with Gasteiger partial charge in [-0.15, -0.1) is 0 Å². The Kier molecular flexibility index (Phi) is 3.62. The van der Waals surface area contributed by atoms with Gasteiger partial charge in [0.2, 0.25) is 5.95 Å². The molecule has 0 aliphatic heterocycles. The molecule has 2 aromatic rings. The number of nitrogen functional groups attached to an aromatic ring is 1. The number of ether oxygens (including phenoxy) is 1. The summed E-state index contributed by atoms with van der Waals surface area (Å²) in [6.07, 6.45) is 0. The Morgan fingerprint density at radius 1 is 1.28 bits per heavy atom. The Morgan fingerprint density at radius 2 is 2.06 bits per heavy atom. The van der Waals surface area contributed by atoms with Gasteiger partial charge in [0.1, 0.15) is 0 Å². The van der Waals surface area contributed by atoms with E-state index in [2.05, 4.69) is 15.0 Å². The molecule has 1 aromatic carbocycles. The first kappa shape index (κ1) is 12.6. The van der Waals surface area contributed by atoms with Gasteiger partial charge in [-0.25, -0.2) is 0 Å². The second-order valence-corrected chi connectivity index (χ2v) is 4.10. The summed E-state index contributed by atoms with van der Waals surface area (Å²) >= 11 is 6.07. The maximum absolute atomic E-state index is 6.07. The zero-order valence-corrected chi connectivity index (χ0v) is 10.9. The molecule has 1 heterocycles. The highest BCUT2D eigenvalue weighted by atomic mass is 35.5. The van der Waals surface area contributed by atoms with Crippen molar-refractivity contribution in [2.75, 3.05) is 12.3 Å². The Hall–Kier alpha value is -1.88. The van der Waals surface area contributed by atoms with E-state index in [9.17, 15) is 0 Å². The number of nitrogens with zero attached hydrogens (tertiary/aromatic N) is 3. The number of benzene rings is 1. The molecule has 0 saturated heterocycles. The smallest absolute Gasteiger partial charge is 0.321 e. The van der Waals surface area contributed by atoms with Gasteiger partial charge in [0.15, 0.2) is 5.82 Å². The quantitative estimate of drug-likeness (QED) is 0.922. The van der Waals surface area contributed by atoms with Crippen LogP contribution in [0, 0.1) is 6.92 Å². The van der Waals surface area contributed by atoms with E-state index in [1.165, 1.54) is 0 Å². The van der Waals surface area contributed by atoms with Crippen molar-refractivity contribution >= 4 is 17.5 Å². The van der Waals surface area contributed by atoms with E-state index >= 15 is 0 Å². The molecule has 0 amide bonds. The summed E-state index contributed by atoms with van der Waals surface area (Å²) in [5.41, 5.74) is 7.39.